The predicted octanol–water partition coefficient (Wildman–Crippen LogP) is 7.60. The molecule has 2 aromatic carbocycles. The first-order valence-corrected chi connectivity index (χ1v) is 12.7. The molecule has 2 heteroatoms. The maximum atomic E-state index is 3.85. The fourth-order valence-electron chi connectivity index (χ4n) is 4.09. The summed E-state index contributed by atoms with van der Waals surface area (Å²) in [5, 5.41) is 0. The third-order valence-electron chi connectivity index (χ3n) is 5.39. The van der Waals surface area contributed by atoms with Gasteiger partial charge in [-0.25, -0.2) is 0 Å². The van der Waals surface area contributed by atoms with E-state index in [9.17, 15) is 0 Å². The molecular formula is C24H32SSi. The molecule has 0 heterocycles. The fourth-order valence-corrected chi connectivity index (χ4v) is 10.3. The molecule has 0 radical (unpaired) electrons. The van der Waals surface area contributed by atoms with Gasteiger partial charge in [-0.3, -0.25) is 0 Å². The molecule has 0 saturated heterocycles. The van der Waals surface area contributed by atoms with E-state index in [0.29, 0.717) is 16.6 Å². The number of hydrogen-bond donors (Lipinski definition) is 0. The molecule has 0 unspecified atom stereocenters. The molecule has 0 saturated carbocycles. The molecule has 0 spiro atoms. The predicted molar refractivity (Wildman–Crippen MR) is 120 cm³/mol. The van der Waals surface area contributed by atoms with E-state index in [1.807, 2.05) is 11.8 Å². The third-order valence-corrected chi connectivity index (χ3v) is 12.9. The first-order valence-electron chi connectivity index (χ1n) is 9.68. The van der Waals surface area contributed by atoms with Crippen molar-refractivity contribution in [2.24, 2.45) is 0 Å². The molecule has 0 aromatic heterocycles. The normalized spacial score (nSPS) is 11.7. The zero-order valence-electron chi connectivity index (χ0n) is 17.0. The van der Waals surface area contributed by atoms with Crippen LogP contribution in [0.2, 0.25) is 16.6 Å². The van der Waals surface area contributed by atoms with Crippen molar-refractivity contribution in [3.8, 4) is 11.5 Å². The van der Waals surface area contributed by atoms with E-state index in [2.05, 4.69) is 108 Å². The number of hydrogen-bond acceptors (Lipinski definition) is 1. The van der Waals surface area contributed by atoms with Crippen molar-refractivity contribution in [3.63, 3.8) is 0 Å². The van der Waals surface area contributed by atoms with Crippen LogP contribution in [0.5, 0.6) is 0 Å². The smallest absolute Gasteiger partial charge is 0.130 e. The first kappa shape index (κ1) is 20.9. The molecule has 0 N–H and O–H groups in total. The van der Waals surface area contributed by atoms with Gasteiger partial charge in [-0.15, -0.1) is 11.5 Å². The Balaban J connectivity index is 2.26. The van der Waals surface area contributed by atoms with Crippen molar-refractivity contribution in [3.05, 3.63) is 60.2 Å². The van der Waals surface area contributed by atoms with Crippen LogP contribution in [0.15, 0.2) is 64.4 Å². The summed E-state index contributed by atoms with van der Waals surface area (Å²) in [4.78, 5) is 2.60. The van der Waals surface area contributed by atoms with Crippen LogP contribution in [0.25, 0.3) is 0 Å². The van der Waals surface area contributed by atoms with Crippen molar-refractivity contribution in [2.75, 3.05) is 0 Å². The lowest BCUT2D eigenvalue weighted by atomic mass is 10.2. The molecule has 0 aliphatic carbocycles. The van der Waals surface area contributed by atoms with Gasteiger partial charge in [0.05, 0.1) is 0 Å². The largest absolute Gasteiger partial charge is 0.145 e. The average molecular weight is 381 g/mol. The van der Waals surface area contributed by atoms with E-state index < -0.39 is 8.07 Å². The van der Waals surface area contributed by atoms with Gasteiger partial charge in [0.15, 0.2) is 0 Å². The Morgan fingerprint density at radius 3 is 1.88 bits per heavy atom. The van der Waals surface area contributed by atoms with Crippen molar-refractivity contribution in [1.82, 2.24) is 0 Å². The highest BCUT2D eigenvalue weighted by molar-refractivity contribution is 7.99. The zero-order valence-corrected chi connectivity index (χ0v) is 18.9. The Labute approximate surface area is 165 Å². The number of rotatable bonds is 6. The topological polar surface area (TPSA) is 0 Å². The minimum absolute atomic E-state index is 0.684. The van der Waals surface area contributed by atoms with Gasteiger partial charge in [-0.05, 0) is 40.4 Å². The highest BCUT2D eigenvalue weighted by Crippen LogP contribution is 2.40. The summed E-state index contributed by atoms with van der Waals surface area (Å²) in [7, 11) is -1.64. The van der Waals surface area contributed by atoms with Crippen molar-refractivity contribution in [1.29, 1.82) is 0 Å². The van der Waals surface area contributed by atoms with Crippen LogP contribution < -0.4 is 0 Å². The van der Waals surface area contributed by atoms with E-state index in [4.69, 9.17) is 0 Å². The van der Waals surface area contributed by atoms with Gasteiger partial charge < -0.3 is 0 Å². The highest BCUT2D eigenvalue weighted by atomic mass is 32.2. The summed E-state index contributed by atoms with van der Waals surface area (Å²) < 4.78 is 0. The van der Waals surface area contributed by atoms with Gasteiger partial charge in [-0.2, -0.15) is 0 Å². The maximum Gasteiger partial charge on any atom is 0.145 e. The van der Waals surface area contributed by atoms with Gasteiger partial charge in [0.1, 0.15) is 8.07 Å². The molecule has 0 fully saturated rings. The summed E-state index contributed by atoms with van der Waals surface area (Å²) >= 11 is 1.83. The molecule has 2 aromatic rings. The summed E-state index contributed by atoms with van der Waals surface area (Å²) in [5.41, 5.74) is 7.24. The van der Waals surface area contributed by atoms with Crippen LogP contribution in [0.3, 0.4) is 0 Å². The second-order valence-electron chi connectivity index (χ2n) is 7.90. The standard InChI is InChI=1S/C24H32SSi/c1-19(2)26(20(3)4,21(5)6)18-12-14-22-13-10-11-17-24(22)25-23-15-8-7-9-16-23/h7-11,13,15-17,19-21H,14H2,1-6H3. The second-order valence-corrected chi connectivity index (χ2v) is 14.6. The molecule has 2 rings (SSSR count). The summed E-state index contributed by atoms with van der Waals surface area (Å²) in [6, 6.07) is 19.3. The molecule has 0 aliphatic heterocycles. The van der Waals surface area contributed by atoms with E-state index in [1.165, 1.54) is 15.4 Å². The summed E-state index contributed by atoms with van der Waals surface area (Å²) in [6.07, 6.45) is 0.844. The molecular weight excluding hydrogens is 348 g/mol. The Bertz CT molecular complexity index is 729. The molecule has 0 aliphatic rings. The van der Waals surface area contributed by atoms with Crippen LogP contribution in [-0.2, 0) is 6.42 Å². The van der Waals surface area contributed by atoms with Crippen LogP contribution >= 0.6 is 11.8 Å². The fraction of sp³-hybridized carbons (Fsp3) is 0.417. The Morgan fingerprint density at radius 2 is 1.31 bits per heavy atom. The molecule has 0 atom stereocenters. The minimum atomic E-state index is -1.64. The summed E-state index contributed by atoms with van der Waals surface area (Å²) in [6.45, 7) is 14.3. The molecule has 138 valence electrons. The average Bonchev–Trinajstić information content (AvgIpc) is 2.60. The zero-order chi connectivity index (χ0) is 19.2. The van der Waals surface area contributed by atoms with Crippen molar-refractivity contribution in [2.45, 2.75) is 74.4 Å². The SMILES string of the molecule is CC(C)[Si](C#CCc1ccccc1Sc1ccccc1)(C(C)C)C(C)C. The lowest BCUT2D eigenvalue weighted by Gasteiger charge is -2.38. The van der Waals surface area contributed by atoms with Gasteiger partial charge in [0.25, 0.3) is 0 Å². The van der Waals surface area contributed by atoms with Crippen LogP contribution in [0.4, 0.5) is 0 Å². The Kier molecular flexibility index (Phi) is 7.62. The number of benzene rings is 2. The molecule has 0 nitrogen and oxygen atoms in total. The van der Waals surface area contributed by atoms with Gasteiger partial charge in [0.2, 0.25) is 0 Å². The Hall–Kier alpha value is -1.43. The van der Waals surface area contributed by atoms with Gasteiger partial charge in [0, 0.05) is 16.2 Å². The van der Waals surface area contributed by atoms with E-state index >= 15 is 0 Å². The van der Waals surface area contributed by atoms with E-state index in [0.717, 1.165) is 6.42 Å². The minimum Gasteiger partial charge on any atom is -0.130 e. The van der Waals surface area contributed by atoms with Crippen LogP contribution in [0, 0.1) is 11.5 Å². The van der Waals surface area contributed by atoms with Crippen LogP contribution in [0.1, 0.15) is 47.1 Å². The third kappa shape index (κ3) is 4.84. The highest BCUT2D eigenvalue weighted by Gasteiger charge is 2.41. The molecule has 26 heavy (non-hydrogen) atoms. The van der Waals surface area contributed by atoms with E-state index in [-0.39, 0.29) is 0 Å². The van der Waals surface area contributed by atoms with Crippen molar-refractivity contribution < 1.29 is 0 Å². The maximum absolute atomic E-state index is 3.85. The second kappa shape index (κ2) is 9.49. The van der Waals surface area contributed by atoms with E-state index in [1.54, 1.807) is 0 Å². The van der Waals surface area contributed by atoms with Crippen LogP contribution in [-0.4, -0.2) is 8.07 Å². The lowest BCUT2D eigenvalue weighted by Crippen LogP contribution is -2.43. The lowest BCUT2D eigenvalue weighted by molar-refractivity contribution is 0.838. The quantitative estimate of drug-likeness (QED) is 0.367. The first-order chi connectivity index (χ1) is 12.4. The summed E-state index contributed by atoms with van der Waals surface area (Å²) in [5.74, 6) is 3.61. The van der Waals surface area contributed by atoms with Crippen molar-refractivity contribution >= 4 is 19.8 Å². The van der Waals surface area contributed by atoms with Gasteiger partial charge in [-0.1, -0.05) is 89.7 Å². The molecule has 0 bridgehead atoms. The molecule has 0 amide bonds. The monoisotopic (exact) mass is 380 g/mol. The Morgan fingerprint density at radius 1 is 0.769 bits per heavy atom. The van der Waals surface area contributed by atoms with Gasteiger partial charge >= 0.3 is 0 Å².